The van der Waals surface area contributed by atoms with Gasteiger partial charge < -0.3 is 9.88 Å². The number of fused-ring (bicyclic) bond motifs is 3. The van der Waals surface area contributed by atoms with Crippen molar-refractivity contribution in [3.63, 3.8) is 0 Å². The number of H-pyrrole nitrogens is 1. The lowest BCUT2D eigenvalue weighted by Crippen LogP contribution is -2.38. The van der Waals surface area contributed by atoms with Gasteiger partial charge in [0, 0.05) is 34.9 Å². The van der Waals surface area contributed by atoms with E-state index >= 15 is 4.39 Å². The molecule has 1 atom stereocenters. The molecule has 2 aromatic carbocycles. The molecule has 0 radical (unpaired) electrons. The number of nitrogens with one attached hydrogen (secondary N) is 1. The Kier molecular flexibility index (Phi) is 5.23. The van der Waals surface area contributed by atoms with Crippen molar-refractivity contribution < 1.29 is 26.3 Å². The Bertz CT molecular complexity index is 1430. The fourth-order valence-electron chi connectivity index (χ4n) is 4.34. The molecule has 5 rings (SSSR count). The van der Waals surface area contributed by atoms with Crippen LogP contribution in [0.5, 0.6) is 0 Å². The summed E-state index contributed by atoms with van der Waals surface area (Å²) in [6, 6.07) is 5.00. The van der Waals surface area contributed by atoms with Gasteiger partial charge in [-0.1, -0.05) is 23.7 Å². The van der Waals surface area contributed by atoms with E-state index in [4.69, 9.17) is 11.6 Å². The number of nitrogens with zero attached hydrogens (tertiary/aromatic N) is 3. The smallest absolute Gasteiger partial charge is 0.356 e. The van der Waals surface area contributed by atoms with Crippen molar-refractivity contribution in [2.75, 3.05) is 11.4 Å². The van der Waals surface area contributed by atoms with Gasteiger partial charge in [0.15, 0.2) is 11.6 Å². The van der Waals surface area contributed by atoms with E-state index in [1.165, 1.54) is 36.1 Å². The zero-order chi connectivity index (χ0) is 24.4. The van der Waals surface area contributed by atoms with Crippen LogP contribution in [0, 0.1) is 24.4 Å². The molecule has 4 aromatic rings. The molecule has 34 heavy (non-hydrogen) atoms. The quantitative estimate of drug-likeness (QED) is 0.322. The number of aryl methyl sites for hydroxylation is 1. The molecule has 1 aliphatic rings. The van der Waals surface area contributed by atoms with Crippen LogP contribution in [0.25, 0.3) is 10.9 Å². The molecule has 11 heteroatoms. The maximum Gasteiger partial charge on any atom is 0.433 e. The maximum absolute atomic E-state index is 15.2. The molecular formula is C23H15ClF6N4. The minimum Gasteiger partial charge on any atom is -0.356 e. The first-order valence-corrected chi connectivity index (χ1v) is 10.5. The molecule has 0 saturated carbocycles. The SMILES string of the molecule is Cc1ccc(C2c3[nH]c4cc(F)c(Cl)cc4c3CCN2c2nccc(C(F)(F)F)n2)c(F)c1F. The first-order valence-electron chi connectivity index (χ1n) is 10.2. The highest BCUT2D eigenvalue weighted by atomic mass is 35.5. The van der Waals surface area contributed by atoms with Crippen molar-refractivity contribution in [1.29, 1.82) is 0 Å². The molecule has 3 heterocycles. The number of rotatable bonds is 2. The molecule has 1 N–H and O–H groups in total. The van der Waals surface area contributed by atoms with Crippen LogP contribution in [-0.2, 0) is 12.6 Å². The summed E-state index contributed by atoms with van der Waals surface area (Å²) in [5.41, 5.74) is 0.198. The molecule has 2 aromatic heterocycles. The van der Waals surface area contributed by atoms with Gasteiger partial charge in [-0.2, -0.15) is 13.2 Å². The van der Waals surface area contributed by atoms with Gasteiger partial charge in [0.25, 0.3) is 0 Å². The van der Waals surface area contributed by atoms with Crippen molar-refractivity contribution >= 4 is 28.5 Å². The monoisotopic (exact) mass is 496 g/mol. The maximum atomic E-state index is 15.2. The molecule has 0 spiro atoms. The molecule has 0 aliphatic carbocycles. The molecule has 0 amide bonds. The van der Waals surface area contributed by atoms with Crippen LogP contribution in [0.2, 0.25) is 5.02 Å². The second-order valence-electron chi connectivity index (χ2n) is 8.01. The van der Waals surface area contributed by atoms with Gasteiger partial charge in [-0.25, -0.2) is 23.1 Å². The van der Waals surface area contributed by atoms with Gasteiger partial charge in [-0.3, -0.25) is 0 Å². The van der Waals surface area contributed by atoms with Crippen LogP contribution in [0.4, 0.5) is 32.3 Å². The molecule has 1 aliphatic heterocycles. The second-order valence-corrected chi connectivity index (χ2v) is 8.42. The van der Waals surface area contributed by atoms with Gasteiger partial charge in [0.05, 0.1) is 5.02 Å². The summed E-state index contributed by atoms with van der Waals surface area (Å²) >= 11 is 5.95. The number of alkyl halides is 3. The molecule has 0 fully saturated rings. The molecule has 0 saturated heterocycles. The third-order valence-electron chi connectivity index (χ3n) is 5.96. The standard InChI is InChI=1S/C23H15ClF6N4/c1-10-2-3-12(19(27)18(10)26)21-20-11(13-8-14(24)15(25)9-16(13)32-20)5-7-34(21)22-31-6-4-17(33-22)23(28,29)30/h2-4,6,8-9,21,32H,5,7H2,1H3. The zero-order valence-corrected chi connectivity index (χ0v) is 18.2. The van der Waals surface area contributed by atoms with Crippen molar-refractivity contribution in [3.8, 4) is 0 Å². The molecule has 1 unspecified atom stereocenters. The molecule has 4 nitrogen and oxygen atoms in total. The number of aromatic amines is 1. The number of hydrogen-bond donors (Lipinski definition) is 1. The first-order chi connectivity index (χ1) is 16.1. The van der Waals surface area contributed by atoms with Crippen molar-refractivity contribution in [2.24, 2.45) is 0 Å². The number of aromatic nitrogens is 3. The Hall–Kier alpha value is -3.27. The minimum absolute atomic E-state index is 0.0738. The van der Waals surface area contributed by atoms with E-state index in [0.29, 0.717) is 28.6 Å². The lowest BCUT2D eigenvalue weighted by atomic mass is 9.91. The number of anilines is 1. The van der Waals surface area contributed by atoms with Crippen LogP contribution >= 0.6 is 11.6 Å². The van der Waals surface area contributed by atoms with Crippen LogP contribution in [0.3, 0.4) is 0 Å². The van der Waals surface area contributed by atoms with Gasteiger partial charge in [-0.05, 0) is 42.7 Å². The lowest BCUT2D eigenvalue weighted by molar-refractivity contribution is -0.141. The highest BCUT2D eigenvalue weighted by Gasteiger charge is 2.38. The Morgan fingerprint density at radius 1 is 1.09 bits per heavy atom. The van der Waals surface area contributed by atoms with Gasteiger partial charge in [0.2, 0.25) is 5.95 Å². The van der Waals surface area contributed by atoms with Crippen LogP contribution in [-0.4, -0.2) is 21.5 Å². The highest BCUT2D eigenvalue weighted by Crippen LogP contribution is 2.42. The van der Waals surface area contributed by atoms with Crippen molar-refractivity contribution in [2.45, 2.75) is 25.6 Å². The van der Waals surface area contributed by atoms with E-state index in [2.05, 4.69) is 15.0 Å². The van der Waals surface area contributed by atoms with Crippen molar-refractivity contribution in [1.82, 2.24) is 15.0 Å². The second kappa shape index (κ2) is 7.90. The summed E-state index contributed by atoms with van der Waals surface area (Å²) < 4.78 is 83.7. The fourth-order valence-corrected chi connectivity index (χ4v) is 4.50. The lowest BCUT2D eigenvalue weighted by Gasteiger charge is -2.36. The average molecular weight is 497 g/mol. The topological polar surface area (TPSA) is 44.8 Å². The summed E-state index contributed by atoms with van der Waals surface area (Å²) in [7, 11) is 0. The summed E-state index contributed by atoms with van der Waals surface area (Å²) in [5.74, 6) is -3.18. The predicted molar refractivity (Wildman–Crippen MR) is 114 cm³/mol. The normalized spacial score (nSPS) is 16.2. The van der Waals surface area contributed by atoms with E-state index in [1.807, 2.05) is 0 Å². The number of halogens is 7. The number of hydrogen-bond acceptors (Lipinski definition) is 3. The highest BCUT2D eigenvalue weighted by molar-refractivity contribution is 6.31. The van der Waals surface area contributed by atoms with E-state index in [9.17, 15) is 22.0 Å². The minimum atomic E-state index is -4.72. The van der Waals surface area contributed by atoms with E-state index in [-0.39, 0.29) is 28.6 Å². The summed E-state index contributed by atoms with van der Waals surface area (Å²) in [6.45, 7) is 1.49. The summed E-state index contributed by atoms with van der Waals surface area (Å²) in [6.07, 6.45) is -3.46. The van der Waals surface area contributed by atoms with Gasteiger partial charge in [0.1, 0.15) is 17.6 Å². The first kappa shape index (κ1) is 22.5. The van der Waals surface area contributed by atoms with Gasteiger partial charge >= 0.3 is 6.18 Å². The Morgan fingerprint density at radius 2 is 1.85 bits per heavy atom. The van der Waals surface area contributed by atoms with Crippen molar-refractivity contribution in [3.05, 3.63) is 87.1 Å². The third-order valence-corrected chi connectivity index (χ3v) is 6.25. The third kappa shape index (κ3) is 3.56. The van der Waals surface area contributed by atoms with Crippen LogP contribution < -0.4 is 4.90 Å². The van der Waals surface area contributed by atoms with Gasteiger partial charge in [-0.15, -0.1) is 0 Å². The zero-order valence-electron chi connectivity index (χ0n) is 17.4. The Labute approximate surface area is 194 Å². The van der Waals surface area contributed by atoms with E-state index in [0.717, 1.165) is 12.3 Å². The Morgan fingerprint density at radius 3 is 2.59 bits per heavy atom. The van der Waals surface area contributed by atoms with E-state index in [1.54, 1.807) is 0 Å². The number of benzene rings is 2. The van der Waals surface area contributed by atoms with E-state index < -0.39 is 35.4 Å². The predicted octanol–water partition coefficient (Wildman–Crippen LogP) is 6.51. The average Bonchev–Trinajstić information content (AvgIpc) is 3.14. The van der Waals surface area contributed by atoms with Crippen LogP contribution in [0.15, 0.2) is 36.5 Å². The summed E-state index contributed by atoms with van der Waals surface area (Å²) in [4.78, 5) is 12.0. The Balaban J connectivity index is 1.75. The molecule has 176 valence electrons. The largest absolute Gasteiger partial charge is 0.433 e. The fraction of sp³-hybridized carbons (Fsp3) is 0.217. The molecule has 0 bridgehead atoms. The molecular weight excluding hydrogens is 482 g/mol. The summed E-state index contributed by atoms with van der Waals surface area (Å²) in [5, 5.41) is 0.478. The van der Waals surface area contributed by atoms with Crippen LogP contribution in [0.1, 0.15) is 34.1 Å².